The Hall–Kier alpha value is -0.120. The van der Waals surface area contributed by atoms with Crippen LogP contribution in [0.15, 0.2) is 4.99 Å². The highest BCUT2D eigenvalue weighted by Gasteiger charge is 2.22. The molecule has 1 N–H and O–H groups in total. The summed E-state index contributed by atoms with van der Waals surface area (Å²) in [7, 11) is 5.93. The van der Waals surface area contributed by atoms with E-state index in [1.807, 2.05) is 7.05 Å². The predicted molar refractivity (Wildman–Crippen MR) is 128 cm³/mol. The largest absolute Gasteiger partial charge is 0.385 e. The van der Waals surface area contributed by atoms with Crippen LogP contribution in [0.5, 0.6) is 0 Å². The van der Waals surface area contributed by atoms with Crippen LogP contribution < -0.4 is 5.32 Å². The Balaban J connectivity index is 0.00000392. The van der Waals surface area contributed by atoms with Crippen molar-refractivity contribution < 1.29 is 9.47 Å². The molecule has 1 aliphatic carbocycles. The molecule has 1 heterocycles. The highest BCUT2D eigenvalue weighted by Crippen LogP contribution is 2.21. The molecule has 2 fully saturated rings. The molecule has 0 bridgehead atoms. The van der Waals surface area contributed by atoms with E-state index >= 15 is 0 Å². The summed E-state index contributed by atoms with van der Waals surface area (Å²) in [4.78, 5) is 9.43. The molecule has 0 spiro atoms. The summed E-state index contributed by atoms with van der Waals surface area (Å²) < 4.78 is 11.0. The average Bonchev–Trinajstić information content (AvgIpc) is 2.72. The number of hydrogen-bond donors (Lipinski definition) is 1. The maximum absolute atomic E-state index is 5.96. The summed E-state index contributed by atoms with van der Waals surface area (Å²) in [6.07, 6.45) is 11.7. The molecule has 1 saturated carbocycles. The van der Waals surface area contributed by atoms with Gasteiger partial charge in [-0.25, -0.2) is 0 Å². The molecule has 0 radical (unpaired) electrons. The Kier molecular flexibility index (Phi) is 14.5. The third-order valence-corrected chi connectivity index (χ3v) is 5.97. The third kappa shape index (κ3) is 9.59. The van der Waals surface area contributed by atoms with E-state index in [4.69, 9.17) is 9.47 Å². The Bertz CT molecular complexity index is 411. The first-order valence-corrected chi connectivity index (χ1v) is 11.0. The van der Waals surface area contributed by atoms with Gasteiger partial charge in [-0.1, -0.05) is 19.3 Å². The molecular formula is C21H43IN4O2. The van der Waals surface area contributed by atoms with Crippen LogP contribution >= 0.6 is 24.0 Å². The van der Waals surface area contributed by atoms with Crippen molar-refractivity contribution in [2.75, 3.05) is 60.6 Å². The minimum atomic E-state index is 0. The topological polar surface area (TPSA) is 49.3 Å². The number of hydrogen-bond acceptors (Lipinski definition) is 4. The van der Waals surface area contributed by atoms with E-state index in [1.165, 1.54) is 45.1 Å². The zero-order valence-electron chi connectivity index (χ0n) is 18.3. The van der Waals surface area contributed by atoms with Gasteiger partial charge in [-0.3, -0.25) is 4.99 Å². The van der Waals surface area contributed by atoms with Crippen molar-refractivity contribution in [3.05, 3.63) is 0 Å². The molecule has 28 heavy (non-hydrogen) atoms. The first-order valence-electron chi connectivity index (χ1n) is 11.0. The van der Waals surface area contributed by atoms with Crippen molar-refractivity contribution in [1.29, 1.82) is 0 Å². The van der Waals surface area contributed by atoms with Crippen molar-refractivity contribution in [2.45, 2.75) is 69.9 Å². The number of likely N-dealkylation sites (tertiary alicyclic amines) is 1. The molecule has 0 amide bonds. The van der Waals surface area contributed by atoms with E-state index in [9.17, 15) is 0 Å². The van der Waals surface area contributed by atoms with Crippen LogP contribution in [0.25, 0.3) is 0 Å². The quantitative estimate of drug-likeness (QED) is 0.212. The second-order valence-electron chi connectivity index (χ2n) is 8.00. The molecule has 6 nitrogen and oxygen atoms in total. The Morgan fingerprint density at radius 3 is 2.43 bits per heavy atom. The molecule has 0 aromatic carbocycles. The van der Waals surface area contributed by atoms with Gasteiger partial charge in [0.25, 0.3) is 0 Å². The van der Waals surface area contributed by atoms with E-state index in [2.05, 4.69) is 27.2 Å². The van der Waals surface area contributed by atoms with Crippen LogP contribution in [0.1, 0.15) is 57.8 Å². The van der Waals surface area contributed by atoms with Gasteiger partial charge < -0.3 is 24.6 Å². The Morgan fingerprint density at radius 1 is 1.07 bits per heavy atom. The minimum Gasteiger partial charge on any atom is -0.385 e. The predicted octanol–water partition coefficient (Wildman–Crippen LogP) is 3.35. The molecule has 2 rings (SSSR count). The SMILES string of the molecule is CN=C(NCCCN(C)C1CCCCC1)N1CCC(OCCCOC)CC1.I. The molecule has 0 unspecified atom stereocenters. The minimum absolute atomic E-state index is 0. The zero-order valence-corrected chi connectivity index (χ0v) is 20.7. The highest BCUT2D eigenvalue weighted by molar-refractivity contribution is 14.0. The summed E-state index contributed by atoms with van der Waals surface area (Å²) in [5.74, 6) is 1.05. The lowest BCUT2D eigenvalue weighted by Crippen LogP contribution is -2.47. The lowest BCUT2D eigenvalue weighted by Gasteiger charge is -2.34. The van der Waals surface area contributed by atoms with Crippen LogP contribution in [0.2, 0.25) is 0 Å². The lowest BCUT2D eigenvalue weighted by atomic mass is 9.94. The summed E-state index contributed by atoms with van der Waals surface area (Å²) in [6, 6.07) is 0.806. The zero-order chi connectivity index (χ0) is 19.3. The van der Waals surface area contributed by atoms with Gasteiger partial charge in [0.1, 0.15) is 0 Å². The molecule has 0 atom stereocenters. The maximum Gasteiger partial charge on any atom is 0.193 e. The molecular weight excluding hydrogens is 467 g/mol. The fraction of sp³-hybridized carbons (Fsp3) is 0.952. The number of aliphatic imine (C=N–C) groups is 1. The number of nitrogens with zero attached hydrogens (tertiary/aromatic N) is 3. The third-order valence-electron chi connectivity index (χ3n) is 5.97. The van der Waals surface area contributed by atoms with Gasteiger partial charge >= 0.3 is 0 Å². The summed E-state index contributed by atoms with van der Waals surface area (Å²) >= 11 is 0. The van der Waals surface area contributed by atoms with Crippen molar-refractivity contribution in [1.82, 2.24) is 15.1 Å². The normalized spacial score (nSPS) is 19.7. The van der Waals surface area contributed by atoms with Crippen molar-refractivity contribution in [2.24, 2.45) is 4.99 Å². The number of halogens is 1. The van der Waals surface area contributed by atoms with E-state index < -0.39 is 0 Å². The number of piperidine rings is 1. The molecule has 7 heteroatoms. The number of ether oxygens (including phenoxy) is 2. The van der Waals surface area contributed by atoms with Crippen LogP contribution in [0, 0.1) is 0 Å². The number of guanidine groups is 1. The first kappa shape index (κ1) is 25.9. The Labute approximate surface area is 189 Å². The van der Waals surface area contributed by atoms with Gasteiger partial charge in [0.2, 0.25) is 0 Å². The van der Waals surface area contributed by atoms with Gasteiger partial charge in [0, 0.05) is 53.0 Å². The summed E-state index contributed by atoms with van der Waals surface area (Å²) in [5.41, 5.74) is 0. The van der Waals surface area contributed by atoms with Gasteiger partial charge in [-0.15, -0.1) is 24.0 Å². The summed E-state index contributed by atoms with van der Waals surface area (Å²) in [5, 5.41) is 3.56. The number of rotatable bonds is 10. The van der Waals surface area contributed by atoms with E-state index in [0.29, 0.717) is 6.10 Å². The van der Waals surface area contributed by atoms with Crippen LogP contribution in [0.4, 0.5) is 0 Å². The van der Waals surface area contributed by atoms with Crippen molar-refractivity contribution >= 4 is 29.9 Å². The standard InChI is InChI=1S/C21H42N4O2.HI/c1-22-21(23-13-7-14-24(2)19-9-5-4-6-10-19)25-15-11-20(12-16-25)27-18-8-17-26-3;/h19-20H,4-18H2,1-3H3,(H,22,23);1H. The molecule has 0 aromatic heterocycles. The second-order valence-corrected chi connectivity index (χ2v) is 8.00. The van der Waals surface area contributed by atoms with Gasteiger partial charge in [0.05, 0.1) is 6.10 Å². The maximum atomic E-state index is 5.96. The summed E-state index contributed by atoms with van der Waals surface area (Å²) in [6.45, 7) is 5.81. The van der Waals surface area contributed by atoms with Crippen LogP contribution in [0.3, 0.4) is 0 Å². The monoisotopic (exact) mass is 510 g/mol. The van der Waals surface area contributed by atoms with Crippen LogP contribution in [-0.2, 0) is 9.47 Å². The first-order chi connectivity index (χ1) is 13.2. The fourth-order valence-corrected chi connectivity index (χ4v) is 4.25. The van der Waals surface area contributed by atoms with E-state index in [0.717, 1.165) is 64.1 Å². The molecule has 1 aliphatic heterocycles. The molecule has 2 aliphatic rings. The number of nitrogens with one attached hydrogen (secondary N) is 1. The molecule has 1 saturated heterocycles. The van der Waals surface area contributed by atoms with Crippen LogP contribution in [-0.4, -0.2) is 88.5 Å². The molecule has 166 valence electrons. The smallest absolute Gasteiger partial charge is 0.193 e. The van der Waals surface area contributed by atoms with Crippen molar-refractivity contribution in [3.8, 4) is 0 Å². The lowest BCUT2D eigenvalue weighted by molar-refractivity contribution is 0.00991. The van der Waals surface area contributed by atoms with Crippen molar-refractivity contribution in [3.63, 3.8) is 0 Å². The van der Waals surface area contributed by atoms with E-state index in [1.54, 1.807) is 7.11 Å². The van der Waals surface area contributed by atoms with Gasteiger partial charge in [-0.05, 0) is 52.1 Å². The average molecular weight is 511 g/mol. The molecule has 0 aromatic rings. The second kappa shape index (κ2) is 15.7. The van der Waals surface area contributed by atoms with Gasteiger partial charge in [-0.2, -0.15) is 0 Å². The fourth-order valence-electron chi connectivity index (χ4n) is 4.25. The van der Waals surface area contributed by atoms with Gasteiger partial charge in [0.15, 0.2) is 5.96 Å². The van der Waals surface area contributed by atoms with E-state index in [-0.39, 0.29) is 24.0 Å². The Morgan fingerprint density at radius 2 is 1.79 bits per heavy atom. The highest BCUT2D eigenvalue weighted by atomic mass is 127. The number of methoxy groups -OCH3 is 1.